The lowest BCUT2D eigenvalue weighted by molar-refractivity contribution is 0.0383. The number of carbonyl (C=O) groups excluding carboxylic acids is 1. The number of anilines is 1. The minimum Gasteiger partial charge on any atom is -0.379 e. The number of nitrogens with one attached hydrogen (secondary N) is 1. The van der Waals surface area contributed by atoms with Gasteiger partial charge >= 0.3 is 0 Å². The standard InChI is InChI=1S/C15H23N3O2/c1-17(2)14-5-3-4-13(12-14)15(19)16-6-7-18-8-10-20-11-9-18/h3-5,12H,6-11H2,1-2H3,(H,16,19). The third-order valence-electron chi connectivity index (χ3n) is 3.44. The molecular weight excluding hydrogens is 254 g/mol. The van der Waals surface area contributed by atoms with Gasteiger partial charge in [-0.3, -0.25) is 9.69 Å². The highest BCUT2D eigenvalue weighted by atomic mass is 16.5. The summed E-state index contributed by atoms with van der Waals surface area (Å²) < 4.78 is 5.30. The Labute approximate surface area is 120 Å². The van der Waals surface area contributed by atoms with E-state index in [4.69, 9.17) is 4.74 Å². The molecule has 0 spiro atoms. The minimum atomic E-state index is -0.0121. The van der Waals surface area contributed by atoms with Gasteiger partial charge in [-0.15, -0.1) is 0 Å². The molecule has 0 atom stereocenters. The van der Waals surface area contributed by atoms with Gasteiger partial charge in [-0.1, -0.05) is 6.07 Å². The molecule has 20 heavy (non-hydrogen) atoms. The second-order valence-corrected chi connectivity index (χ2v) is 5.15. The van der Waals surface area contributed by atoms with Gasteiger partial charge in [-0.25, -0.2) is 0 Å². The Morgan fingerprint density at radius 1 is 1.35 bits per heavy atom. The molecule has 1 aromatic rings. The Kier molecular flexibility index (Phi) is 5.38. The molecule has 1 aliphatic heterocycles. The number of morpholine rings is 1. The van der Waals surface area contributed by atoms with Crippen molar-refractivity contribution in [3.63, 3.8) is 0 Å². The van der Waals surface area contributed by atoms with E-state index in [1.165, 1.54) is 0 Å². The zero-order valence-corrected chi connectivity index (χ0v) is 12.3. The van der Waals surface area contributed by atoms with Crippen LogP contribution in [0.15, 0.2) is 24.3 Å². The van der Waals surface area contributed by atoms with Gasteiger partial charge in [-0.05, 0) is 18.2 Å². The molecule has 1 heterocycles. The van der Waals surface area contributed by atoms with Gasteiger partial charge < -0.3 is 15.0 Å². The highest BCUT2D eigenvalue weighted by molar-refractivity contribution is 5.95. The summed E-state index contributed by atoms with van der Waals surface area (Å²) in [6.45, 7) is 5.03. The maximum absolute atomic E-state index is 12.1. The lowest BCUT2D eigenvalue weighted by Gasteiger charge is -2.26. The number of carbonyl (C=O) groups is 1. The summed E-state index contributed by atoms with van der Waals surface area (Å²) in [4.78, 5) is 16.4. The Morgan fingerprint density at radius 2 is 2.10 bits per heavy atom. The molecule has 1 aliphatic rings. The van der Waals surface area contributed by atoms with Crippen LogP contribution in [0.3, 0.4) is 0 Å². The monoisotopic (exact) mass is 277 g/mol. The summed E-state index contributed by atoms with van der Waals surface area (Å²) in [6.07, 6.45) is 0. The Morgan fingerprint density at radius 3 is 2.80 bits per heavy atom. The van der Waals surface area contributed by atoms with Gasteiger partial charge in [0.15, 0.2) is 0 Å². The van der Waals surface area contributed by atoms with Crippen molar-refractivity contribution >= 4 is 11.6 Å². The van der Waals surface area contributed by atoms with Crippen LogP contribution in [0.4, 0.5) is 5.69 Å². The van der Waals surface area contributed by atoms with Crippen LogP contribution in [0, 0.1) is 0 Å². The van der Waals surface area contributed by atoms with Crippen LogP contribution in [0.2, 0.25) is 0 Å². The smallest absolute Gasteiger partial charge is 0.251 e. The molecule has 2 rings (SSSR count). The normalized spacial score (nSPS) is 15.9. The van der Waals surface area contributed by atoms with Gasteiger partial charge in [0.25, 0.3) is 5.91 Å². The number of hydrogen-bond acceptors (Lipinski definition) is 4. The SMILES string of the molecule is CN(C)c1cccc(C(=O)NCCN2CCOCC2)c1. The van der Waals surface area contributed by atoms with Crippen LogP contribution >= 0.6 is 0 Å². The highest BCUT2D eigenvalue weighted by Crippen LogP contribution is 2.13. The highest BCUT2D eigenvalue weighted by Gasteiger charge is 2.11. The van der Waals surface area contributed by atoms with Gasteiger partial charge in [-0.2, -0.15) is 0 Å². The first-order chi connectivity index (χ1) is 9.66. The maximum Gasteiger partial charge on any atom is 0.251 e. The molecule has 5 heteroatoms. The van der Waals surface area contributed by atoms with Crippen molar-refractivity contribution in [1.82, 2.24) is 10.2 Å². The largest absolute Gasteiger partial charge is 0.379 e. The van der Waals surface area contributed by atoms with Crippen LogP contribution in [0.25, 0.3) is 0 Å². The Balaban J connectivity index is 1.80. The summed E-state index contributed by atoms with van der Waals surface area (Å²) in [6, 6.07) is 7.65. The van der Waals surface area contributed by atoms with Gasteiger partial charge in [0.2, 0.25) is 0 Å². The molecule has 0 bridgehead atoms. The molecule has 0 aliphatic carbocycles. The molecule has 0 radical (unpaired) electrons. The molecule has 1 aromatic carbocycles. The fourth-order valence-electron chi connectivity index (χ4n) is 2.18. The van der Waals surface area contributed by atoms with E-state index in [0.29, 0.717) is 12.1 Å². The van der Waals surface area contributed by atoms with Gasteiger partial charge in [0.1, 0.15) is 0 Å². The molecule has 1 saturated heterocycles. The zero-order chi connectivity index (χ0) is 14.4. The average molecular weight is 277 g/mol. The van der Waals surface area contributed by atoms with Crippen LogP contribution in [0.5, 0.6) is 0 Å². The fourth-order valence-corrected chi connectivity index (χ4v) is 2.18. The number of amides is 1. The molecule has 0 unspecified atom stereocenters. The fraction of sp³-hybridized carbons (Fsp3) is 0.533. The molecular formula is C15H23N3O2. The molecule has 5 nitrogen and oxygen atoms in total. The molecule has 1 fully saturated rings. The van der Waals surface area contributed by atoms with E-state index >= 15 is 0 Å². The summed E-state index contributed by atoms with van der Waals surface area (Å²) in [5, 5.41) is 2.97. The van der Waals surface area contributed by atoms with Crippen LogP contribution < -0.4 is 10.2 Å². The first-order valence-electron chi connectivity index (χ1n) is 7.02. The lowest BCUT2D eigenvalue weighted by atomic mass is 10.2. The Bertz CT molecular complexity index is 442. The second kappa shape index (κ2) is 7.26. The number of nitrogens with zero attached hydrogens (tertiary/aromatic N) is 2. The Hall–Kier alpha value is -1.59. The minimum absolute atomic E-state index is 0.0121. The molecule has 1 amide bonds. The quantitative estimate of drug-likeness (QED) is 0.865. The van der Waals surface area contributed by atoms with Crippen molar-refractivity contribution < 1.29 is 9.53 Å². The number of ether oxygens (including phenoxy) is 1. The van der Waals surface area contributed by atoms with Crippen molar-refractivity contribution in [1.29, 1.82) is 0 Å². The second-order valence-electron chi connectivity index (χ2n) is 5.15. The number of benzene rings is 1. The first kappa shape index (κ1) is 14.8. The predicted molar refractivity (Wildman–Crippen MR) is 80.4 cm³/mol. The van der Waals surface area contributed by atoms with E-state index in [9.17, 15) is 4.79 Å². The van der Waals surface area contributed by atoms with Crippen LogP contribution in [-0.2, 0) is 4.74 Å². The third-order valence-corrected chi connectivity index (χ3v) is 3.44. The topological polar surface area (TPSA) is 44.8 Å². The molecule has 0 aromatic heterocycles. The summed E-state index contributed by atoms with van der Waals surface area (Å²) in [5.41, 5.74) is 1.74. The van der Waals surface area contributed by atoms with E-state index in [0.717, 1.165) is 38.5 Å². The van der Waals surface area contributed by atoms with Gasteiger partial charge in [0.05, 0.1) is 13.2 Å². The maximum atomic E-state index is 12.1. The van der Waals surface area contributed by atoms with Crippen molar-refractivity contribution in [3.05, 3.63) is 29.8 Å². The molecule has 110 valence electrons. The van der Waals surface area contributed by atoms with Crippen molar-refractivity contribution in [2.45, 2.75) is 0 Å². The van der Waals surface area contributed by atoms with E-state index < -0.39 is 0 Å². The van der Waals surface area contributed by atoms with E-state index in [2.05, 4.69) is 10.2 Å². The van der Waals surface area contributed by atoms with Crippen molar-refractivity contribution in [3.8, 4) is 0 Å². The van der Waals surface area contributed by atoms with E-state index in [1.807, 2.05) is 43.3 Å². The lowest BCUT2D eigenvalue weighted by Crippen LogP contribution is -2.41. The predicted octanol–water partition coefficient (Wildman–Crippen LogP) is 0.815. The van der Waals surface area contributed by atoms with Crippen LogP contribution in [-0.4, -0.2) is 64.3 Å². The van der Waals surface area contributed by atoms with E-state index in [1.54, 1.807) is 0 Å². The summed E-state index contributed by atoms with van der Waals surface area (Å²) in [7, 11) is 3.94. The molecule has 0 saturated carbocycles. The van der Waals surface area contributed by atoms with Crippen LogP contribution in [0.1, 0.15) is 10.4 Å². The number of rotatable bonds is 5. The van der Waals surface area contributed by atoms with Gasteiger partial charge in [0, 0.05) is 51.5 Å². The van der Waals surface area contributed by atoms with Crippen molar-refractivity contribution in [2.24, 2.45) is 0 Å². The molecule has 1 N–H and O–H groups in total. The summed E-state index contributed by atoms with van der Waals surface area (Å²) in [5.74, 6) is -0.0121. The van der Waals surface area contributed by atoms with E-state index in [-0.39, 0.29) is 5.91 Å². The van der Waals surface area contributed by atoms with Crippen molar-refractivity contribution in [2.75, 3.05) is 58.4 Å². The zero-order valence-electron chi connectivity index (χ0n) is 12.3. The summed E-state index contributed by atoms with van der Waals surface area (Å²) >= 11 is 0. The first-order valence-corrected chi connectivity index (χ1v) is 7.02. The number of hydrogen-bond donors (Lipinski definition) is 1. The third kappa shape index (κ3) is 4.21. The average Bonchev–Trinajstić information content (AvgIpc) is 2.48.